The highest BCUT2D eigenvalue weighted by molar-refractivity contribution is 7.89. The molecule has 0 aliphatic carbocycles. The van der Waals surface area contributed by atoms with Crippen LogP contribution in [0.5, 0.6) is 0 Å². The molecule has 2 aromatic rings. The summed E-state index contributed by atoms with van der Waals surface area (Å²) in [6.07, 6.45) is 1.20. The van der Waals surface area contributed by atoms with Crippen molar-refractivity contribution in [3.8, 4) is 0 Å². The summed E-state index contributed by atoms with van der Waals surface area (Å²) < 4.78 is 27.3. The summed E-state index contributed by atoms with van der Waals surface area (Å²) in [7, 11) is 0.00392. The zero-order chi connectivity index (χ0) is 17.9. The fourth-order valence-electron chi connectivity index (χ4n) is 2.15. The Morgan fingerprint density at radius 3 is 2.50 bits per heavy atom. The van der Waals surface area contributed by atoms with Gasteiger partial charge in [-0.3, -0.25) is 4.98 Å². The van der Waals surface area contributed by atoms with Crippen molar-refractivity contribution in [2.24, 2.45) is 0 Å². The van der Waals surface area contributed by atoms with E-state index in [1.54, 1.807) is 18.2 Å². The molecule has 0 atom stereocenters. The topological polar surface area (TPSA) is 99.6 Å². The second-order valence-corrected chi connectivity index (χ2v) is 7.28. The lowest BCUT2D eigenvalue weighted by atomic mass is 10.2. The second-order valence-electron chi connectivity index (χ2n) is 5.51. The molecule has 1 heterocycles. The Labute approximate surface area is 141 Å². The first kappa shape index (κ1) is 17.9. The van der Waals surface area contributed by atoms with Crippen molar-refractivity contribution >= 4 is 21.7 Å². The Kier molecular flexibility index (Phi) is 5.20. The van der Waals surface area contributed by atoms with Crippen LogP contribution >= 0.6 is 0 Å². The molecule has 7 nitrogen and oxygen atoms in total. The molecule has 0 fully saturated rings. The highest BCUT2D eigenvalue weighted by Crippen LogP contribution is 2.22. The fourth-order valence-corrected chi connectivity index (χ4v) is 3.16. The van der Waals surface area contributed by atoms with Gasteiger partial charge < -0.3 is 10.0 Å². The zero-order valence-corrected chi connectivity index (χ0v) is 14.5. The standard InChI is InChI=1S/C16H19N3O4S/c1-11-4-7-14(8-15(11)19(2)3)24(22,23)18-10-13-6-5-12(9-17-13)16(20)21/h4-9,18H,10H2,1-3H3,(H,20,21). The van der Waals surface area contributed by atoms with Crippen LogP contribution in [0.15, 0.2) is 41.4 Å². The summed E-state index contributed by atoms with van der Waals surface area (Å²) in [4.78, 5) is 16.7. The van der Waals surface area contributed by atoms with Crippen LogP contribution in [0.25, 0.3) is 0 Å². The second kappa shape index (κ2) is 6.98. The van der Waals surface area contributed by atoms with E-state index in [0.29, 0.717) is 5.69 Å². The zero-order valence-electron chi connectivity index (χ0n) is 13.6. The third-order valence-corrected chi connectivity index (χ3v) is 4.89. The number of aryl methyl sites for hydroxylation is 1. The average Bonchev–Trinajstić information content (AvgIpc) is 2.53. The number of anilines is 1. The van der Waals surface area contributed by atoms with Crippen LogP contribution in [-0.4, -0.2) is 38.6 Å². The van der Waals surface area contributed by atoms with Gasteiger partial charge in [-0.25, -0.2) is 17.9 Å². The lowest BCUT2D eigenvalue weighted by molar-refractivity contribution is 0.0696. The van der Waals surface area contributed by atoms with E-state index in [1.807, 2.05) is 25.9 Å². The molecule has 0 radical (unpaired) electrons. The van der Waals surface area contributed by atoms with Crippen LogP contribution in [0, 0.1) is 6.92 Å². The molecule has 2 rings (SSSR count). The molecule has 1 aromatic heterocycles. The fraction of sp³-hybridized carbons (Fsp3) is 0.250. The van der Waals surface area contributed by atoms with E-state index in [9.17, 15) is 13.2 Å². The van der Waals surface area contributed by atoms with Crippen molar-refractivity contribution in [2.75, 3.05) is 19.0 Å². The number of carboxylic acids is 1. The number of rotatable bonds is 6. The molecule has 0 bridgehead atoms. The Morgan fingerprint density at radius 2 is 1.96 bits per heavy atom. The highest BCUT2D eigenvalue weighted by Gasteiger charge is 2.16. The number of benzene rings is 1. The van der Waals surface area contributed by atoms with Gasteiger partial charge in [-0.2, -0.15) is 0 Å². The van der Waals surface area contributed by atoms with E-state index >= 15 is 0 Å². The first-order valence-corrected chi connectivity index (χ1v) is 8.65. The number of hydrogen-bond acceptors (Lipinski definition) is 5. The molecular weight excluding hydrogens is 330 g/mol. The van der Waals surface area contributed by atoms with Gasteiger partial charge in [0.2, 0.25) is 10.0 Å². The highest BCUT2D eigenvalue weighted by atomic mass is 32.2. The number of hydrogen-bond donors (Lipinski definition) is 2. The molecule has 0 aliphatic rings. The Bertz CT molecular complexity index is 846. The largest absolute Gasteiger partial charge is 0.478 e. The van der Waals surface area contributed by atoms with Gasteiger partial charge in [0.25, 0.3) is 0 Å². The van der Waals surface area contributed by atoms with Crippen LogP contribution in [0.2, 0.25) is 0 Å². The Morgan fingerprint density at radius 1 is 1.25 bits per heavy atom. The Balaban J connectivity index is 2.16. The number of sulfonamides is 1. The Hall–Kier alpha value is -2.45. The van der Waals surface area contributed by atoms with Gasteiger partial charge in [0.15, 0.2) is 0 Å². The molecule has 0 unspecified atom stereocenters. The maximum Gasteiger partial charge on any atom is 0.337 e. The van der Waals surface area contributed by atoms with Gasteiger partial charge in [-0.15, -0.1) is 0 Å². The monoisotopic (exact) mass is 349 g/mol. The van der Waals surface area contributed by atoms with E-state index in [1.165, 1.54) is 18.3 Å². The minimum atomic E-state index is -3.69. The molecule has 0 aliphatic heterocycles. The number of aromatic nitrogens is 1. The lowest BCUT2D eigenvalue weighted by Crippen LogP contribution is -2.24. The first-order valence-electron chi connectivity index (χ1n) is 7.16. The van der Waals surface area contributed by atoms with Gasteiger partial charge >= 0.3 is 5.97 Å². The predicted octanol–water partition coefficient (Wildman–Crippen LogP) is 1.63. The lowest BCUT2D eigenvalue weighted by Gasteiger charge is -2.17. The molecule has 0 saturated carbocycles. The summed E-state index contributed by atoms with van der Waals surface area (Å²) in [5.41, 5.74) is 2.28. The van der Waals surface area contributed by atoms with E-state index in [4.69, 9.17) is 5.11 Å². The summed E-state index contributed by atoms with van der Waals surface area (Å²) in [5.74, 6) is -1.08. The normalized spacial score (nSPS) is 11.3. The van der Waals surface area contributed by atoms with Crippen LogP contribution < -0.4 is 9.62 Å². The third-order valence-electron chi connectivity index (χ3n) is 3.49. The number of nitrogens with zero attached hydrogens (tertiary/aromatic N) is 2. The molecule has 2 N–H and O–H groups in total. The number of aromatic carboxylic acids is 1. The maximum atomic E-state index is 12.4. The van der Waals surface area contributed by atoms with E-state index in [-0.39, 0.29) is 17.0 Å². The smallest absolute Gasteiger partial charge is 0.337 e. The van der Waals surface area contributed by atoms with Crippen LogP contribution in [0.3, 0.4) is 0 Å². The predicted molar refractivity (Wildman–Crippen MR) is 90.7 cm³/mol. The average molecular weight is 349 g/mol. The van der Waals surface area contributed by atoms with Crippen molar-refractivity contribution in [3.05, 3.63) is 53.3 Å². The van der Waals surface area contributed by atoms with E-state index in [2.05, 4.69) is 9.71 Å². The van der Waals surface area contributed by atoms with E-state index in [0.717, 1.165) is 11.3 Å². The minimum Gasteiger partial charge on any atom is -0.478 e. The molecular formula is C16H19N3O4S. The van der Waals surface area contributed by atoms with Gasteiger partial charge in [-0.05, 0) is 36.8 Å². The maximum absolute atomic E-state index is 12.4. The van der Waals surface area contributed by atoms with Crippen molar-refractivity contribution in [1.29, 1.82) is 0 Å². The van der Waals surface area contributed by atoms with Crippen molar-refractivity contribution in [1.82, 2.24) is 9.71 Å². The third kappa shape index (κ3) is 4.09. The first-order chi connectivity index (χ1) is 11.2. The number of nitrogens with one attached hydrogen (secondary N) is 1. The minimum absolute atomic E-state index is 0.0204. The van der Waals surface area contributed by atoms with Crippen molar-refractivity contribution < 1.29 is 18.3 Å². The number of carbonyl (C=O) groups is 1. The van der Waals surface area contributed by atoms with Gasteiger partial charge in [0, 0.05) is 26.0 Å². The van der Waals surface area contributed by atoms with Crippen LogP contribution in [0.4, 0.5) is 5.69 Å². The van der Waals surface area contributed by atoms with Gasteiger partial charge in [-0.1, -0.05) is 6.07 Å². The van der Waals surface area contributed by atoms with E-state index < -0.39 is 16.0 Å². The molecule has 0 amide bonds. The SMILES string of the molecule is Cc1ccc(S(=O)(=O)NCc2ccc(C(=O)O)cn2)cc1N(C)C. The summed E-state index contributed by atoms with van der Waals surface area (Å²) in [6, 6.07) is 7.77. The van der Waals surface area contributed by atoms with Gasteiger partial charge in [0.1, 0.15) is 0 Å². The molecule has 8 heteroatoms. The van der Waals surface area contributed by atoms with Crippen molar-refractivity contribution in [3.63, 3.8) is 0 Å². The van der Waals surface area contributed by atoms with Crippen molar-refractivity contribution in [2.45, 2.75) is 18.4 Å². The van der Waals surface area contributed by atoms with Gasteiger partial charge in [0.05, 0.1) is 22.7 Å². The van der Waals surface area contributed by atoms with Crippen LogP contribution in [0.1, 0.15) is 21.6 Å². The summed E-state index contributed by atoms with van der Waals surface area (Å²) >= 11 is 0. The number of pyridine rings is 1. The summed E-state index contributed by atoms with van der Waals surface area (Å²) in [6.45, 7) is 1.89. The molecule has 1 aromatic carbocycles. The number of carboxylic acid groups (broad SMARTS) is 1. The molecule has 24 heavy (non-hydrogen) atoms. The quantitative estimate of drug-likeness (QED) is 0.822. The van der Waals surface area contributed by atoms with Crippen LogP contribution in [-0.2, 0) is 16.6 Å². The summed E-state index contributed by atoms with van der Waals surface area (Å²) in [5, 5.41) is 8.82. The molecule has 128 valence electrons. The molecule has 0 saturated heterocycles. The molecule has 0 spiro atoms.